The lowest BCUT2D eigenvalue weighted by atomic mass is 10.1. The van der Waals surface area contributed by atoms with E-state index in [1.54, 1.807) is 24.3 Å². The minimum atomic E-state index is -5.55. The molecule has 0 bridgehead atoms. The Morgan fingerprint density at radius 3 is 2.36 bits per heavy atom. The first-order chi connectivity index (χ1) is 15.4. The van der Waals surface area contributed by atoms with Crippen molar-refractivity contribution < 1.29 is 31.2 Å². The van der Waals surface area contributed by atoms with Crippen LogP contribution >= 0.6 is 11.6 Å². The molecule has 0 saturated carbocycles. The third kappa shape index (κ3) is 3.80. The number of hydrogen-bond acceptors (Lipinski definition) is 5. The van der Waals surface area contributed by atoms with Crippen molar-refractivity contribution in [3.63, 3.8) is 0 Å². The normalized spacial score (nSPS) is 17.3. The van der Waals surface area contributed by atoms with Crippen LogP contribution in [0.5, 0.6) is 0 Å². The number of pyridine rings is 1. The third-order valence-corrected chi connectivity index (χ3v) is 7.15. The topological polar surface area (TPSA) is 87.7 Å². The minimum Gasteiger partial charge on any atom is -0.308 e. The SMILES string of the molecule is CC1C(=O)N(c2ccc(S(=O)(=O)C(F)(F)F)cc2)C(=O)N1Cc1ccnc2c(Cl)cccc12. The van der Waals surface area contributed by atoms with Crippen molar-refractivity contribution in [1.82, 2.24) is 9.88 Å². The molecule has 0 radical (unpaired) electrons. The quantitative estimate of drug-likeness (QED) is 0.494. The van der Waals surface area contributed by atoms with Gasteiger partial charge in [-0.3, -0.25) is 9.78 Å². The molecule has 1 unspecified atom stereocenters. The first kappa shape index (κ1) is 23.0. The maximum absolute atomic E-state index is 13.1. The number of para-hydroxylation sites is 1. The molecule has 3 amide bonds. The van der Waals surface area contributed by atoms with Crippen LogP contribution in [0.1, 0.15) is 12.5 Å². The highest BCUT2D eigenvalue weighted by Gasteiger charge is 2.47. The Morgan fingerprint density at radius 2 is 1.73 bits per heavy atom. The molecule has 0 spiro atoms. The zero-order valence-corrected chi connectivity index (χ0v) is 18.4. The van der Waals surface area contributed by atoms with Crippen molar-refractivity contribution >= 4 is 50.0 Å². The van der Waals surface area contributed by atoms with Crippen LogP contribution < -0.4 is 4.90 Å². The summed E-state index contributed by atoms with van der Waals surface area (Å²) in [7, 11) is -5.55. The van der Waals surface area contributed by atoms with Gasteiger partial charge in [0.2, 0.25) is 0 Å². The molecular weight excluding hydrogens is 483 g/mol. The van der Waals surface area contributed by atoms with Crippen LogP contribution in [-0.4, -0.2) is 41.8 Å². The van der Waals surface area contributed by atoms with Gasteiger partial charge in [0.15, 0.2) is 0 Å². The number of nitrogens with zero attached hydrogens (tertiary/aromatic N) is 3. The van der Waals surface area contributed by atoms with Crippen molar-refractivity contribution in [2.75, 3.05) is 4.90 Å². The second kappa shape index (κ2) is 7.99. The zero-order valence-electron chi connectivity index (χ0n) is 16.9. The Kier molecular flexibility index (Phi) is 5.57. The number of halogens is 4. The van der Waals surface area contributed by atoms with Crippen molar-refractivity contribution in [2.24, 2.45) is 0 Å². The van der Waals surface area contributed by atoms with Crippen molar-refractivity contribution in [2.45, 2.75) is 29.9 Å². The summed E-state index contributed by atoms with van der Waals surface area (Å²) in [4.78, 5) is 31.2. The lowest BCUT2D eigenvalue weighted by Crippen LogP contribution is -2.33. The predicted octanol–water partition coefficient (Wildman–Crippen LogP) is 4.54. The molecular formula is C21H15ClF3N3O4S. The van der Waals surface area contributed by atoms with Crippen molar-refractivity contribution in [1.29, 1.82) is 0 Å². The maximum atomic E-state index is 13.1. The summed E-state index contributed by atoms with van der Waals surface area (Å²) < 4.78 is 61.4. The summed E-state index contributed by atoms with van der Waals surface area (Å²) in [6, 6.07) is 8.76. The predicted molar refractivity (Wildman–Crippen MR) is 114 cm³/mol. The molecule has 33 heavy (non-hydrogen) atoms. The fourth-order valence-electron chi connectivity index (χ4n) is 3.58. The van der Waals surface area contributed by atoms with E-state index in [1.807, 2.05) is 0 Å². The van der Waals surface area contributed by atoms with E-state index in [0.29, 0.717) is 33.6 Å². The van der Waals surface area contributed by atoms with Gasteiger partial charge < -0.3 is 4.90 Å². The number of carbonyl (C=O) groups excluding carboxylic acids is 2. The Hall–Kier alpha value is -3.18. The van der Waals surface area contributed by atoms with Gasteiger partial charge in [-0.2, -0.15) is 13.2 Å². The molecule has 3 aromatic rings. The summed E-state index contributed by atoms with van der Waals surface area (Å²) in [6.45, 7) is 1.58. The summed E-state index contributed by atoms with van der Waals surface area (Å²) in [6.07, 6.45) is 1.54. The smallest absolute Gasteiger partial charge is 0.308 e. The van der Waals surface area contributed by atoms with Crippen LogP contribution in [0.4, 0.5) is 23.7 Å². The highest BCUT2D eigenvalue weighted by molar-refractivity contribution is 7.92. The molecule has 7 nitrogen and oxygen atoms in total. The van der Waals surface area contributed by atoms with E-state index in [9.17, 15) is 31.2 Å². The zero-order chi connectivity index (χ0) is 24.1. The van der Waals surface area contributed by atoms with Gasteiger partial charge in [0.1, 0.15) is 6.04 Å². The Balaban J connectivity index is 1.64. The molecule has 2 heterocycles. The van der Waals surface area contributed by atoms with E-state index in [-0.39, 0.29) is 12.2 Å². The van der Waals surface area contributed by atoms with E-state index in [2.05, 4.69) is 4.98 Å². The number of amides is 3. The summed E-state index contributed by atoms with van der Waals surface area (Å²) in [5.41, 5.74) is -4.26. The lowest BCUT2D eigenvalue weighted by Gasteiger charge is -2.20. The number of carbonyl (C=O) groups is 2. The van der Waals surface area contributed by atoms with E-state index in [1.165, 1.54) is 18.0 Å². The number of aromatic nitrogens is 1. The summed E-state index contributed by atoms with van der Waals surface area (Å²) >= 11 is 6.18. The van der Waals surface area contributed by atoms with Crippen LogP contribution in [0.2, 0.25) is 5.02 Å². The van der Waals surface area contributed by atoms with Crippen LogP contribution in [-0.2, 0) is 21.2 Å². The van der Waals surface area contributed by atoms with Gasteiger partial charge >= 0.3 is 11.5 Å². The number of rotatable bonds is 4. The molecule has 1 aliphatic rings. The largest absolute Gasteiger partial charge is 0.501 e. The molecule has 12 heteroatoms. The second-order valence-corrected chi connectivity index (χ2v) is 9.66. The van der Waals surface area contributed by atoms with E-state index >= 15 is 0 Å². The van der Waals surface area contributed by atoms with Crippen LogP contribution in [0.15, 0.2) is 59.6 Å². The molecule has 1 fully saturated rings. The number of sulfone groups is 1. The van der Waals surface area contributed by atoms with Crippen LogP contribution in [0, 0.1) is 0 Å². The van der Waals surface area contributed by atoms with Crippen LogP contribution in [0.3, 0.4) is 0 Å². The van der Waals surface area contributed by atoms with E-state index < -0.39 is 38.2 Å². The first-order valence-corrected chi connectivity index (χ1v) is 11.4. The molecule has 1 aromatic heterocycles. The standard InChI is InChI=1S/C21H15ClF3N3O4S/c1-12-19(29)28(14-5-7-15(8-6-14)33(31,32)21(23,24)25)20(30)27(12)11-13-9-10-26-18-16(13)3-2-4-17(18)22/h2-10,12H,11H2,1H3. The maximum Gasteiger partial charge on any atom is 0.501 e. The third-order valence-electron chi connectivity index (χ3n) is 5.34. The molecule has 1 aliphatic heterocycles. The Morgan fingerprint density at radius 1 is 1.06 bits per heavy atom. The lowest BCUT2D eigenvalue weighted by molar-refractivity contribution is -0.119. The second-order valence-electron chi connectivity index (χ2n) is 7.31. The number of benzene rings is 2. The molecule has 172 valence electrons. The molecule has 4 rings (SSSR count). The van der Waals surface area contributed by atoms with Gasteiger partial charge in [-0.1, -0.05) is 23.7 Å². The van der Waals surface area contributed by atoms with Crippen LogP contribution in [0.25, 0.3) is 10.9 Å². The molecule has 0 aliphatic carbocycles. The minimum absolute atomic E-state index is 0.0388. The summed E-state index contributed by atoms with van der Waals surface area (Å²) in [5.74, 6) is -0.595. The number of hydrogen-bond donors (Lipinski definition) is 0. The number of fused-ring (bicyclic) bond motifs is 1. The van der Waals surface area contributed by atoms with E-state index in [0.717, 1.165) is 17.0 Å². The van der Waals surface area contributed by atoms with Gasteiger partial charge in [0.25, 0.3) is 15.7 Å². The summed E-state index contributed by atoms with van der Waals surface area (Å²) in [5, 5.41) is 1.14. The molecule has 1 saturated heterocycles. The van der Waals surface area contributed by atoms with Crippen molar-refractivity contribution in [3.05, 3.63) is 65.3 Å². The van der Waals surface area contributed by atoms with E-state index in [4.69, 9.17) is 11.6 Å². The monoisotopic (exact) mass is 497 g/mol. The first-order valence-electron chi connectivity index (χ1n) is 9.51. The van der Waals surface area contributed by atoms with Crippen molar-refractivity contribution in [3.8, 4) is 0 Å². The number of anilines is 1. The Bertz CT molecular complexity index is 1380. The van der Waals surface area contributed by atoms with Gasteiger partial charge in [-0.15, -0.1) is 0 Å². The van der Waals surface area contributed by atoms with Gasteiger partial charge in [-0.25, -0.2) is 18.1 Å². The molecule has 0 N–H and O–H groups in total. The number of imide groups is 1. The fraction of sp³-hybridized carbons (Fsp3) is 0.190. The van der Waals surface area contributed by atoms with Gasteiger partial charge in [-0.05, 0) is 48.9 Å². The highest BCUT2D eigenvalue weighted by Crippen LogP contribution is 2.33. The average Bonchev–Trinajstić information content (AvgIpc) is 2.97. The number of urea groups is 1. The number of alkyl halides is 3. The Labute approximate surface area is 191 Å². The fourth-order valence-corrected chi connectivity index (χ4v) is 4.56. The van der Waals surface area contributed by atoms with Gasteiger partial charge in [0.05, 0.1) is 21.1 Å². The molecule has 2 aromatic carbocycles. The average molecular weight is 498 g/mol. The van der Waals surface area contributed by atoms with Gasteiger partial charge in [0, 0.05) is 18.1 Å². The molecule has 1 atom stereocenters. The highest BCUT2D eigenvalue weighted by atomic mass is 35.5.